The summed E-state index contributed by atoms with van der Waals surface area (Å²) in [6.07, 6.45) is 3.11. The molecule has 3 heteroatoms. The van der Waals surface area contributed by atoms with Crippen molar-refractivity contribution >= 4 is 17.2 Å². The van der Waals surface area contributed by atoms with Gasteiger partial charge in [0, 0.05) is 12.0 Å². The van der Waals surface area contributed by atoms with Gasteiger partial charge in [-0.2, -0.15) is 11.3 Å². The summed E-state index contributed by atoms with van der Waals surface area (Å²) in [6, 6.07) is 2.38. The highest BCUT2D eigenvalue weighted by atomic mass is 32.1. The van der Waals surface area contributed by atoms with E-state index in [0.29, 0.717) is 5.92 Å². The number of hydrogen-bond acceptors (Lipinski definition) is 2. The van der Waals surface area contributed by atoms with Gasteiger partial charge in [0.15, 0.2) is 0 Å². The lowest BCUT2D eigenvalue weighted by Crippen LogP contribution is -2.34. The van der Waals surface area contributed by atoms with E-state index in [2.05, 4.69) is 29.1 Å². The van der Waals surface area contributed by atoms with Crippen molar-refractivity contribution in [2.75, 3.05) is 0 Å². The summed E-state index contributed by atoms with van der Waals surface area (Å²) in [4.78, 5) is 11.4. The van der Waals surface area contributed by atoms with Crippen LogP contribution in [0.25, 0.3) is 0 Å². The van der Waals surface area contributed by atoms with Gasteiger partial charge in [-0.3, -0.25) is 4.79 Å². The number of thiophene rings is 1. The molecule has 0 aromatic carbocycles. The van der Waals surface area contributed by atoms with Gasteiger partial charge < -0.3 is 5.32 Å². The maximum absolute atomic E-state index is 11.4. The molecule has 1 amide bonds. The van der Waals surface area contributed by atoms with E-state index in [0.717, 1.165) is 19.3 Å². The fourth-order valence-corrected chi connectivity index (χ4v) is 2.20. The predicted octanol–water partition coefficient (Wildman–Crippen LogP) is 2.21. The summed E-state index contributed by atoms with van der Waals surface area (Å²) in [7, 11) is 0. The summed E-state index contributed by atoms with van der Waals surface area (Å²) < 4.78 is 0. The summed E-state index contributed by atoms with van der Waals surface area (Å²) in [5.74, 6) is 0.563. The average Bonchev–Trinajstić information content (AvgIpc) is 2.87. The van der Waals surface area contributed by atoms with Gasteiger partial charge in [-0.05, 0) is 48.6 Å². The van der Waals surface area contributed by atoms with Crippen LogP contribution in [0.3, 0.4) is 0 Å². The van der Waals surface area contributed by atoms with Crippen molar-refractivity contribution < 1.29 is 4.79 Å². The smallest absolute Gasteiger partial charge is 0.223 e. The van der Waals surface area contributed by atoms with Crippen molar-refractivity contribution in [3.05, 3.63) is 22.4 Å². The first-order chi connectivity index (χ1) is 6.75. The van der Waals surface area contributed by atoms with Crippen LogP contribution in [0.1, 0.15) is 25.3 Å². The molecule has 0 spiro atoms. The Hall–Kier alpha value is -0.830. The Bertz CT molecular complexity index is 303. The molecule has 2 nitrogen and oxygen atoms in total. The minimum atomic E-state index is 0.243. The molecule has 0 saturated heterocycles. The SMILES string of the molecule is CC(Cc1ccsc1)NC(=O)C1CC1. The Morgan fingerprint density at radius 3 is 3.07 bits per heavy atom. The van der Waals surface area contributed by atoms with Crippen LogP contribution in [0.2, 0.25) is 0 Å². The third-order valence-corrected chi connectivity index (χ3v) is 3.19. The Morgan fingerprint density at radius 2 is 2.50 bits per heavy atom. The van der Waals surface area contributed by atoms with Crippen molar-refractivity contribution in [3.63, 3.8) is 0 Å². The molecule has 1 fully saturated rings. The highest BCUT2D eigenvalue weighted by molar-refractivity contribution is 7.07. The molecule has 1 unspecified atom stereocenters. The van der Waals surface area contributed by atoms with Gasteiger partial charge >= 0.3 is 0 Å². The van der Waals surface area contributed by atoms with E-state index in [4.69, 9.17) is 0 Å². The fourth-order valence-electron chi connectivity index (χ4n) is 1.52. The first-order valence-corrected chi connectivity index (χ1v) is 6.01. The monoisotopic (exact) mass is 209 g/mol. The van der Waals surface area contributed by atoms with Gasteiger partial charge in [-0.1, -0.05) is 0 Å². The van der Waals surface area contributed by atoms with Crippen LogP contribution in [-0.2, 0) is 11.2 Å². The fraction of sp³-hybridized carbons (Fsp3) is 0.545. The van der Waals surface area contributed by atoms with E-state index < -0.39 is 0 Å². The van der Waals surface area contributed by atoms with Crippen LogP contribution >= 0.6 is 11.3 Å². The molecule has 1 heterocycles. The highest BCUT2D eigenvalue weighted by Crippen LogP contribution is 2.28. The van der Waals surface area contributed by atoms with Crippen molar-refractivity contribution in [2.45, 2.75) is 32.2 Å². The zero-order chi connectivity index (χ0) is 9.97. The van der Waals surface area contributed by atoms with E-state index in [9.17, 15) is 4.79 Å². The van der Waals surface area contributed by atoms with E-state index in [1.165, 1.54) is 5.56 Å². The maximum atomic E-state index is 11.4. The van der Waals surface area contributed by atoms with Gasteiger partial charge in [-0.15, -0.1) is 0 Å². The molecule has 14 heavy (non-hydrogen) atoms. The van der Waals surface area contributed by atoms with Crippen molar-refractivity contribution in [1.29, 1.82) is 0 Å². The molecule has 1 saturated carbocycles. The van der Waals surface area contributed by atoms with Crippen LogP contribution in [0.15, 0.2) is 16.8 Å². The van der Waals surface area contributed by atoms with Crippen molar-refractivity contribution in [3.8, 4) is 0 Å². The van der Waals surface area contributed by atoms with Crippen LogP contribution in [0.4, 0.5) is 0 Å². The van der Waals surface area contributed by atoms with E-state index in [1.807, 2.05) is 0 Å². The minimum Gasteiger partial charge on any atom is -0.353 e. The standard InChI is InChI=1S/C11H15NOS/c1-8(6-9-4-5-14-7-9)12-11(13)10-2-3-10/h4-5,7-8,10H,2-3,6H2,1H3,(H,12,13). The molecule has 1 aliphatic rings. The second kappa shape index (κ2) is 4.13. The third-order valence-electron chi connectivity index (χ3n) is 2.46. The highest BCUT2D eigenvalue weighted by Gasteiger charge is 2.30. The van der Waals surface area contributed by atoms with Gasteiger partial charge in [0.2, 0.25) is 5.91 Å². The summed E-state index contributed by atoms with van der Waals surface area (Å²) >= 11 is 1.71. The number of carbonyl (C=O) groups is 1. The molecule has 0 aliphatic heterocycles. The molecule has 0 bridgehead atoms. The van der Waals surface area contributed by atoms with Crippen LogP contribution in [-0.4, -0.2) is 11.9 Å². The van der Waals surface area contributed by atoms with Crippen molar-refractivity contribution in [2.24, 2.45) is 5.92 Å². The van der Waals surface area contributed by atoms with Crippen LogP contribution < -0.4 is 5.32 Å². The number of hydrogen-bond donors (Lipinski definition) is 1. The lowest BCUT2D eigenvalue weighted by Gasteiger charge is -2.12. The van der Waals surface area contributed by atoms with Gasteiger partial charge in [0.25, 0.3) is 0 Å². The van der Waals surface area contributed by atoms with Crippen LogP contribution in [0, 0.1) is 5.92 Å². The largest absolute Gasteiger partial charge is 0.353 e. The Balaban J connectivity index is 1.78. The maximum Gasteiger partial charge on any atom is 0.223 e. The lowest BCUT2D eigenvalue weighted by atomic mass is 10.1. The van der Waals surface area contributed by atoms with E-state index in [-0.39, 0.29) is 11.9 Å². The first kappa shape index (κ1) is 9.71. The second-order valence-electron chi connectivity index (χ2n) is 4.02. The topological polar surface area (TPSA) is 29.1 Å². The molecule has 1 N–H and O–H groups in total. The van der Waals surface area contributed by atoms with E-state index in [1.54, 1.807) is 11.3 Å². The zero-order valence-corrected chi connectivity index (χ0v) is 9.14. The summed E-state index contributed by atoms with van der Waals surface area (Å²) in [5.41, 5.74) is 1.32. The quantitative estimate of drug-likeness (QED) is 0.809. The average molecular weight is 209 g/mol. The lowest BCUT2D eigenvalue weighted by molar-refractivity contribution is -0.122. The normalized spacial score (nSPS) is 17.8. The number of amides is 1. The van der Waals surface area contributed by atoms with Crippen LogP contribution in [0.5, 0.6) is 0 Å². The molecule has 1 atom stereocenters. The summed E-state index contributed by atoms with van der Waals surface area (Å²) in [6.45, 7) is 2.07. The van der Waals surface area contributed by atoms with Gasteiger partial charge in [0.05, 0.1) is 0 Å². The molecule has 1 aliphatic carbocycles. The van der Waals surface area contributed by atoms with E-state index >= 15 is 0 Å². The first-order valence-electron chi connectivity index (χ1n) is 5.07. The molecular weight excluding hydrogens is 194 g/mol. The number of nitrogens with one attached hydrogen (secondary N) is 1. The molecular formula is C11H15NOS. The predicted molar refractivity (Wildman–Crippen MR) is 58.4 cm³/mol. The van der Waals surface area contributed by atoms with Crippen molar-refractivity contribution in [1.82, 2.24) is 5.32 Å². The zero-order valence-electron chi connectivity index (χ0n) is 8.32. The molecule has 2 rings (SSSR count). The van der Waals surface area contributed by atoms with Gasteiger partial charge in [-0.25, -0.2) is 0 Å². The Kier molecular flexibility index (Phi) is 2.87. The number of rotatable bonds is 4. The molecule has 1 aromatic heterocycles. The second-order valence-corrected chi connectivity index (χ2v) is 4.80. The third kappa shape index (κ3) is 2.58. The number of carbonyl (C=O) groups excluding carboxylic acids is 1. The Morgan fingerprint density at radius 1 is 1.71 bits per heavy atom. The molecule has 0 radical (unpaired) electrons. The molecule has 1 aromatic rings. The minimum absolute atomic E-state index is 0.243. The Labute approximate surface area is 88.3 Å². The van der Waals surface area contributed by atoms with Gasteiger partial charge in [0.1, 0.15) is 0 Å². The molecule has 76 valence electrons. The summed E-state index contributed by atoms with van der Waals surface area (Å²) in [5, 5.41) is 7.26.